The van der Waals surface area contributed by atoms with E-state index in [0.29, 0.717) is 11.3 Å². The summed E-state index contributed by atoms with van der Waals surface area (Å²) in [4.78, 5) is 23.9. The van der Waals surface area contributed by atoms with Crippen molar-refractivity contribution >= 4 is 30.0 Å². The van der Waals surface area contributed by atoms with Crippen LogP contribution in [0.4, 0.5) is 4.79 Å². The molecular formula is C20H35O4PS. The maximum Gasteiger partial charge on any atom is 0.516 e. The van der Waals surface area contributed by atoms with E-state index in [2.05, 4.69) is 0 Å². The largest absolute Gasteiger partial charge is 0.516 e. The topological polar surface area (TPSA) is 52.6 Å². The van der Waals surface area contributed by atoms with Crippen LogP contribution >= 0.6 is 6.04 Å². The summed E-state index contributed by atoms with van der Waals surface area (Å²) in [6.45, 7) is 5.26. The van der Waals surface area contributed by atoms with E-state index in [0.717, 1.165) is 6.16 Å². The highest BCUT2D eigenvalue weighted by atomic mass is 32.4. The molecule has 0 amide bonds. The zero-order valence-corrected chi connectivity index (χ0v) is 18.3. The van der Waals surface area contributed by atoms with Gasteiger partial charge in [0, 0.05) is 0 Å². The number of hydrogen-bond donors (Lipinski definition) is 0. The molecule has 0 spiro atoms. The number of esters is 1. The molecule has 2 saturated carbocycles. The SMILES string of the molecule is CC(C)(C)OC(=O)OC(=O)CCP(=S)(C1CCCCC1)C1CCCCC1. The van der Waals surface area contributed by atoms with E-state index in [1.165, 1.54) is 64.2 Å². The molecular weight excluding hydrogens is 367 g/mol. The summed E-state index contributed by atoms with van der Waals surface area (Å²) in [6.07, 6.45) is 12.8. The Bertz CT molecular complexity index is 506. The third-order valence-corrected chi connectivity index (χ3v) is 12.4. The fourth-order valence-corrected chi connectivity index (χ4v) is 10.3. The molecule has 0 aliphatic heterocycles. The molecule has 2 rings (SSSR count). The quantitative estimate of drug-likeness (QED) is 0.321. The highest BCUT2D eigenvalue weighted by Gasteiger charge is 2.37. The molecule has 0 heterocycles. The molecule has 0 aromatic rings. The van der Waals surface area contributed by atoms with Crippen molar-refractivity contribution in [1.82, 2.24) is 0 Å². The molecule has 2 fully saturated rings. The summed E-state index contributed by atoms with van der Waals surface area (Å²) in [7, 11) is 0. The van der Waals surface area contributed by atoms with Gasteiger partial charge in [-0.1, -0.05) is 50.3 Å². The molecule has 0 bridgehead atoms. The van der Waals surface area contributed by atoms with Gasteiger partial charge < -0.3 is 9.47 Å². The highest BCUT2D eigenvalue weighted by Crippen LogP contribution is 2.63. The fraction of sp³-hybridized carbons (Fsp3) is 0.900. The number of hydrogen-bond acceptors (Lipinski definition) is 5. The van der Waals surface area contributed by atoms with E-state index in [4.69, 9.17) is 21.3 Å². The Morgan fingerprint density at radius 3 is 1.81 bits per heavy atom. The summed E-state index contributed by atoms with van der Waals surface area (Å²) in [6, 6.07) is -1.63. The lowest BCUT2D eigenvalue weighted by Crippen LogP contribution is -2.28. The van der Waals surface area contributed by atoms with Crippen LogP contribution in [0.2, 0.25) is 0 Å². The van der Waals surface area contributed by atoms with Crippen LogP contribution in [0.25, 0.3) is 0 Å². The van der Waals surface area contributed by atoms with Gasteiger partial charge in [0.15, 0.2) is 0 Å². The standard InChI is InChI=1S/C20H35O4PS/c1-20(2,3)24-19(22)23-18(21)14-15-25(26,16-10-6-4-7-11-16)17-12-8-5-9-13-17/h16-17H,4-15H2,1-3H3. The van der Waals surface area contributed by atoms with Gasteiger partial charge in [0.2, 0.25) is 0 Å². The lowest BCUT2D eigenvalue weighted by Gasteiger charge is -2.41. The molecule has 2 aliphatic carbocycles. The van der Waals surface area contributed by atoms with Crippen molar-refractivity contribution in [3.63, 3.8) is 0 Å². The Kier molecular flexibility index (Phi) is 8.15. The van der Waals surface area contributed by atoms with Crippen LogP contribution in [0.3, 0.4) is 0 Å². The van der Waals surface area contributed by atoms with Gasteiger partial charge in [0.05, 0.1) is 6.42 Å². The molecule has 150 valence electrons. The van der Waals surface area contributed by atoms with Crippen LogP contribution in [0, 0.1) is 0 Å². The van der Waals surface area contributed by atoms with Gasteiger partial charge in [-0.15, -0.1) is 0 Å². The Hall–Kier alpha value is -0.410. The molecule has 0 saturated heterocycles. The Balaban J connectivity index is 1.96. The van der Waals surface area contributed by atoms with E-state index >= 15 is 0 Å². The van der Waals surface area contributed by atoms with E-state index in [9.17, 15) is 9.59 Å². The van der Waals surface area contributed by atoms with Crippen LogP contribution in [0.1, 0.15) is 91.4 Å². The zero-order valence-electron chi connectivity index (χ0n) is 16.6. The van der Waals surface area contributed by atoms with Crippen molar-refractivity contribution in [2.45, 2.75) is 108 Å². The van der Waals surface area contributed by atoms with Crippen LogP contribution in [0.15, 0.2) is 0 Å². The lowest BCUT2D eigenvalue weighted by atomic mass is 9.99. The van der Waals surface area contributed by atoms with Crippen LogP contribution < -0.4 is 0 Å². The minimum Gasteiger partial charge on any atom is -0.428 e. The molecule has 6 heteroatoms. The molecule has 26 heavy (non-hydrogen) atoms. The van der Waals surface area contributed by atoms with Crippen LogP contribution in [-0.2, 0) is 26.1 Å². The van der Waals surface area contributed by atoms with Gasteiger partial charge in [-0.2, -0.15) is 0 Å². The van der Waals surface area contributed by atoms with Gasteiger partial charge in [-0.3, -0.25) is 4.79 Å². The minimum atomic E-state index is -1.63. The lowest BCUT2D eigenvalue weighted by molar-refractivity contribution is -0.140. The number of carbonyl (C=O) groups is 2. The first-order chi connectivity index (χ1) is 12.2. The van der Waals surface area contributed by atoms with E-state index in [1.54, 1.807) is 20.8 Å². The van der Waals surface area contributed by atoms with Gasteiger partial charge in [-0.05, 0) is 70.0 Å². The minimum absolute atomic E-state index is 0.253. The first-order valence-electron chi connectivity index (χ1n) is 10.2. The maximum atomic E-state index is 12.2. The third kappa shape index (κ3) is 6.64. The normalized spacial score (nSPS) is 20.6. The summed E-state index contributed by atoms with van der Waals surface area (Å²) in [5.74, 6) is -0.486. The predicted octanol–water partition coefficient (Wildman–Crippen LogP) is 6.00. The summed E-state index contributed by atoms with van der Waals surface area (Å²) in [5.41, 5.74) is 0.600. The monoisotopic (exact) mass is 402 g/mol. The first-order valence-corrected chi connectivity index (χ1v) is 13.4. The van der Waals surface area contributed by atoms with Crippen molar-refractivity contribution < 1.29 is 19.1 Å². The average molecular weight is 403 g/mol. The second-order valence-corrected chi connectivity index (χ2v) is 14.5. The van der Waals surface area contributed by atoms with Crippen LogP contribution in [-0.4, -0.2) is 35.2 Å². The van der Waals surface area contributed by atoms with Crippen molar-refractivity contribution in [2.75, 3.05) is 6.16 Å². The highest BCUT2D eigenvalue weighted by molar-refractivity contribution is 8.15. The second-order valence-electron chi connectivity index (χ2n) is 8.85. The number of ether oxygens (including phenoxy) is 2. The van der Waals surface area contributed by atoms with Crippen molar-refractivity contribution in [3.8, 4) is 0 Å². The molecule has 0 N–H and O–H groups in total. The molecule has 0 unspecified atom stereocenters. The van der Waals surface area contributed by atoms with Gasteiger partial charge in [-0.25, -0.2) is 4.79 Å². The molecule has 0 atom stereocenters. The van der Waals surface area contributed by atoms with Crippen molar-refractivity contribution in [2.24, 2.45) is 0 Å². The van der Waals surface area contributed by atoms with Crippen molar-refractivity contribution in [3.05, 3.63) is 0 Å². The number of carbonyl (C=O) groups excluding carboxylic acids is 2. The summed E-state index contributed by atoms with van der Waals surface area (Å²) < 4.78 is 9.94. The zero-order chi connectivity index (χ0) is 19.2. The molecule has 0 radical (unpaired) electrons. The van der Waals surface area contributed by atoms with E-state index in [-0.39, 0.29) is 6.42 Å². The molecule has 0 aromatic carbocycles. The smallest absolute Gasteiger partial charge is 0.428 e. The predicted molar refractivity (Wildman–Crippen MR) is 110 cm³/mol. The van der Waals surface area contributed by atoms with Crippen molar-refractivity contribution in [1.29, 1.82) is 0 Å². The number of rotatable bonds is 5. The summed E-state index contributed by atoms with van der Waals surface area (Å²) >= 11 is 6.35. The Morgan fingerprint density at radius 2 is 1.38 bits per heavy atom. The van der Waals surface area contributed by atoms with Crippen LogP contribution in [0.5, 0.6) is 0 Å². The average Bonchev–Trinajstić information content (AvgIpc) is 2.59. The maximum absolute atomic E-state index is 12.2. The van der Waals surface area contributed by atoms with E-state index < -0.39 is 23.8 Å². The first kappa shape index (κ1) is 21.9. The fourth-order valence-electron chi connectivity index (χ4n) is 4.38. The molecule has 2 aliphatic rings. The second kappa shape index (κ2) is 9.68. The van der Waals surface area contributed by atoms with Gasteiger partial charge in [0.1, 0.15) is 5.60 Å². The van der Waals surface area contributed by atoms with Gasteiger partial charge in [0.25, 0.3) is 0 Å². The van der Waals surface area contributed by atoms with Gasteiger partial charge >= 0.3 is 12.1 Å². The van der Waals surface area contributed by atoms with E-state index in [1.807, 2.05) is 0 Å². The summed E-state index contributed by atoms with van der Waals surface area (Å²) in [5, 5.41) is 0. The molecule has 0 aromatic heterocycles. The third-order valence-electron chi connectivity index (χ3n) is 5.64. The Labute approximate surface area is 163 Å². The Morgan fingerprint density at radius 1 is 0.923 bits per heavy atom. The molecule has 4 nitrogen and oxygen atoms in total.